The third-order valence-corrected chi connectivity index (χ3v) is 4.57. The topological polar surface area (TPSA) is 26.0 Å². The molecule has 19 heavy (non-hydrogen) atoms. The van der Waals surface area contributed by atoms with Gasteiger partial charge in [-0.1, -0.05) is 58.4 Å². The first kappa shape index (κ1) is 12.9. The minimum absolute atomic E-state index is 0.0148. The predicted octanol–water partition coefficient (Wildman–Crippen LogP) is 4.27. The molecule has 0 aromatic heterocycles. The Morgan fingerprint density at radius 3 is 2.26 bits per heavy atom. The summed E-state index contributed by atoms with van der Waals surface area (Å²) in [5.41, 5.74) is 9.23. The Morgan fingerprint density at radius 1 is 1.00 bits per heavy atom. The van der Waals surface area contributed by atoms with Crippen molar-refractivity contribution in [2.45, 2.75) is 30.7 Å². The molecule has 0 amide bonds. The van der Waals surface area contributed by atoms with E-state index in [0.29, 0.717) is 5.92 Å². The van der Waals surface area contributed by atoms with Crippen molar-refractivity contribution < 1.29 is 0 Å². The van der Waals surface area contributed by atoms with Gasteiger partial charge in [0.2, 0.25) is 0 Å². The second-order valence-corrected chi connectivity index (χ2v) is 6.60. The third kappa shape index (κ3) is 2.90. The highest BCUT2D eigenvalue weighted by molar-refractivity contribution is 9.10. The third-order valence-electron chi connectivity index (χ3n) is 4.05. The van der Waals surface area contributed by atoms with Crippen molar-refractivity contribution >= 4 is 15.9 Å². The largest absolute Gasteiger partial charge is 0.325 e. The van der Waals surface area contributed by atoms with E-state index in [1.165, 1.54) is 11.1 Å². The van der Waals surface area contributed by atoms with Crippen molar-refractivity contribution in [2.24, 2.45) is 5.73 Å². The van der Waals surface area contributed by atoms with Crippen molar-refractivity contribution in [3.05, 3.63) is 70.2 Å². The molecule has 0 atom stereocenters. The van der Waals surface area contributed by atoms with Crippen LogP contribution in [0.25, 0.3) is 0 Å². The van der Waals surface area contributed by atoms with E-state index in [0.717, 1.165) is 23.7 Å². The van der Waals surface area contributed by atoms with Crippen LogP contribution in [0.15, 0.2) is 59.1 Å². The lowest BCUT2D eigenvalue weighted by Crippen LogP contribution is -2.52. The van der Waals surface area contributed by atoms with E-state index in [1.807, 2.05) is 0 Å². The molecule has 2 aromatic rings. The fourth-order valence-electron chi connectivity index (χ4n) is 3.04. The van der Waals surface area contributed by atoms with Crippen LogP contribution in [0, 0.1) is 0 Å². The second-order valence-electron chi connectivity index (χ2n) is 5.68. The lowest BCUT2D eigenvalue weighted by molar-refractivity contribution is 0.205. The molecule has 1 aliphatic rings. The highest BCUT2D eigenvalue weighted by Crippen LogP contribution is 2.44. The van der Waals surface area contributed by atoms with Crippen LogP contribution in [0.2, 0.25) is 0 Å². The monoisotopic (exact) mass is 315 g/mol. The van der Waals surface area contributed by atoms with Gasteiger partial charge in [0.15, 0.2) is 0 Å². The average molecular weight is 316 g/mol. The molecule has 0 unspecified atom stereocenters. The van der Waals surface area contributed by atoms with Crippen LogP contribution in [0.3, 0.4) is 0 Å². The van der Waals surface area contributed by atoms with E-state index < -0.39 is 0 Å². The maximum absolute atomic E-state index is 6.48. The predicted molar refractivity (Wildman–Crippen MR) is 83.2 cm³/mol. The SMILES string of the molecule is NC1(Cc2ccccc2)CC(c2ccc(Br)cc2)C1. The standard InChI is InChI=1S/C17H18BrN/c18-16-8-6-14(7-9-16)15-11-17(19,12-15)10-13-4-2-1-3-5-13/h1-9,15H,10-12,19H2. The maximum atomic E-state index is 6.48. The molecule has 1 saturated carbocycles. The molecular weight excluding hydrogens is 298 g/mol. The van der Waals surface area contributed by atoms with E-state index in [4.69, 9.17) is 5.73 Å². The normalized spacial score (nSPS) is 25.9. The molecule has 3 rings (SSSR count). The molecule has 0 heterocycles. The average Bonchev–Trinajstić information content (AvgIpc) is 2.38. The summed E-state index contributed by atoms with van der Waals surface area (Å²) < 4.78 is 1.14. The quantitative estimate of drug-likeness (QED) is 0.899. The van der Waals surface area contributed by atoms with Gasteiger partial charge in [0, 0.05) is 10.0 Å². The number of rotatable bonds is 3. The molecule has 2 N–H and O–H groups in total. The van der Waals surface area contributed by atoms with Crippen LogP contribution in [0.5, 0.6) is 0 Å². The molecule has 2 heteroatoms. The van der Waals surface area contributed by atoms with Gasteiger partial charge in [-0.2, -0.15) is 0 Å². The van der Waals surface area contributed by atoms with Crippen molar-refractivity contribution in [1.29, 1.82) is 0 Å². The van der Waals surface area contributed by atoms with Crippen LogP contribution < -0.4 is 5.73 Å². The van der Waals surface area contributed by atoms with E-state index in [2.05, 4.69) is 70.5 Å². The molecule has 1 nitrogen and oxygen atoms in total. The lowest BCUT2D eigenvalue weighted by Gasteiger charge is -2.45. The molecule has 0 bridgehead atoms. The Hall–Kier alpha value is -1.12. The zero-order valence-corrected chi connectivity index (χ0v) is 12.4. The molecule has 98 valence electrons. The van der Waals surface area contributed by atoms with Gasteiger partial charge in [0.05, 0.1) is 0 Å². The Kier molecular flexibility index (Phi) is 3.46. The van der Waals surface area contributed by atoms with Gasteiger partial charge in [-0.05, 0) is 48.4 Å². The van der Waals surface area contributed by atoms with Crippen molar-refractivity contribution in [1.82, 2.24) is 0 Å². The van der Waals surface area contributed by atoms with Gasteiger partial charge in [0.1, 0.15) is 0 Å². The summed E-state index contributed by atoms with van der Waals surface area (Å²) in [5.74, 6) is 0.627. The number of hydrogen-bond donors (Lipinski definition) is 1. The summed E-state index contributed by atoms with van der Waals surface area (Å²) >= 11 is 3.48. The molecular formula is C17H18BrN. The molecule has 0 aliphatic heterocycles. The first-order valence-electron chi connectivity index (χ1n) is 6.73. The Balaban J connectivity index is 1.64. The molecule has 1 fully saturated rings. The van der Waals surface area contributed by atoms with Crippen LogP contribution in [0.1, 0.15) is 29.9 Å². The highest BCUT2D eigenvalue weighted by Gasteiger charge is 2.41. The van der Waals surface area contributed by atoms with Gasteiger partial charge >= 0.3 is 0 Å². The van der Waals surface area contributed by atoms with Crippen LogP contribution in [-0.2, 0) is 6.42 Å². The lowest BCUT2D eigenvalue weighted by atomic mass is 9.64. The van der Waals surface area contributed by atoms with Crippen LogP contribution in [0.4, 0.5) is 0 Å². The zero-order valence-electron chi connectivity index (χ0n) is 10.9. The van der Waals surface area contributed by atoms with Gasteiger partial charge in [0.25, 0.3) is 0 Å². The Bertz CT molecular complexity index is 541. The van der Waals surface area contributed by atoms with Crippen molar-refractivity contribution in [3.8, 4) is 0 Å². The van der Waals surface area contributed by atoms with Crippen molar-refractivity contribution in [2.75, 3.05) is 0 Å². The molecule has 0 saturated heterocycles. The Labute approximate surface area is 123 Å². The second kappa shape index (κ2) is 5.10. The van der Waals surface area contributed by atoms with Crippen molar-refractivity contribution in [3.63, 3.8) is 0 Å². The number of nitrogens with two attached hydrogens (primary N) is 1. The summed E-state index contributed by atoms with van der Waals surface area (Å²) in [6.07, 6.45) is 3.16. The van der Waals surface area contributed by atoms with Crippen LogP contribution >= 0.6 is 15.9 Å². The van der Waals surface area contributed by atoms with Gasteiger partial charge < -0.3 is 5.73 Å². The first-order chi connectivity index (χ1) is 9.15. The van der Waals surface area contributed by atoms with E-state index in [9.17, 15) is 0 Å². The molecule has 0 radical (unpaired) electrons. The number of benzene rings is 2. The summed E-state index contributed by atoms with van der Waals surface area (Å²) in [7, 11) is 0. The molecule has 2 aromatic carbocycles. The summed E-state index contributed by atoms with van der Waals surface area (Å²) in [6, 6.07) is 19.2. The van der Waals surface area contributed by atoms with E-state index in [1.54, 1.807) is 0 Å². The summed E-state index contributed by atoms with van der Waals surface area (Å²) in [5, 5.41) is 0. The minimum Gasteiger partial charge on any atom is -0.325 e. The fourth-order valence-corrected chi connectivity index (χ4v) is 3.30. The highest BCUT2D eigenvalue weighted by atomic mass is 79.9. The number of halogens is 1. The minimum atomic E-state index is -0.0148. The number of hydrogen-bond acceptors (Lipinski definition) is 1. The van der Waals surface area contributed by atoms with Gasteiger partial charge in [-0.3, -0.25) is 0 Å². The van der Waals surface area contributed by atoms with E-state index in [-0.39, 0.29) is 5.54 Å². The first-order valence-corrected chi connectivity index (χ1v) is 7.52. The summed E-state index contributed by atoms with van der Waals surface area (Å²) in [4.78, 5) is 0. The fraction of sp³-hybridized carbons (Fsp3) is 0.294. The summed E-state index contributed by atoms with van der Waals surface area (Å²) in [6.45, 7) is 0. The molecule has 1 aliphatic carbocycles. The zero-order chi connectivity index (χ0) is 13.3. The maximum Gasteiger partial charge on any atom is 0.0206 e. The van der Waals surface area contributed by atoms with Gasteiger partial charge in [-0.25, -0.2) is 0 Å². The smallest absolute Gasteiger partial charge is 0.0206 e. The Morgan fingerprint density at radius 2 is 1.63 bits per heavy atom. The van der Waals surface area contributed by atoms with E-state index >= 15 is 0 Å². The molecule has 0 spiro atoms. The van der Waals surface area contributed by atoms with Gasteiger partial charge in [-0.15, -0.1) is 0 Å². The van der Waals surface area contributed by atoms with Crippen LogP contribution in [-0.4, -0.2) is 5.54 Å².